The molecule has 2 rings (SSSR count). The largest absolute Gasteiger partial charge is 0.330 e. The van der Waals surface area contributed by atoms with Gasteiger partial charge >= 0.3 is 0 Å². The Labute approximate surface area is 119 Å². The zero-order valence-electron chi connectivity index (χ0n) is 11.1. The zero-order chi connectivity index (χ0) is 14.4. The Morgan fingerprint density at radius 3 is 2.00 bits per heavy atom. The molecule has 0 aromatic heterocycles. The highest BCUT2D eigenvalue weighted by Crippen LogP contribution is 2.23. The van der Waals surface area contributed by atoms with Gasteiger partial charge in [0.2, 0.25) is 0 Å². The van der Waals surface area contributed by atoms with Crippen LogP contribution in [0.2, 0.25) is 0 Å². The second-order valence-corrected chi connectivity index (χ2v) is 6.23. The topological polar surface area (TPSA) is 63.4 Å². The fraction of sp³-hybridized carbons (Fsp3) is 0.200. The predicted octanol–water partition coefficient (Wildman–Crippen LogP) is 2.23. The third-order valence-electron chi connectivity index (χ3n) is 2.94. The molecule has 0 aliphatic rings. The van der Waals surface area contributed by atoms with E-state index in [2.05, 4.69) is 0 Å². The van der Waals surface area contributed by atoms with E-state index in [0.717, 1.165) is 0 Å². The molecule has 106 valence electrons. The quantitative estimate of drug-likeness (QED) is 0.887. The monoisotopic (exact) mass is 290 g/mol. The molecule has 2 aromatic carbocycles. The first-order valence-corrected chi connectivity index (χ1v) is 7.93. The Bertz CT molecular complexity index is 627. The highest BCUT2D eigenvalue weighted by atomic mass is 32.2. The molecule has 4 nitrogen and oxygen atoms in total. The number of anilines is 1. The summed E-state index contributed by atoms with van der Waals surface area (Å²) in [5.41, 5.74) is 6.17. The van der Waals surface area contributed by atoms with Crippen molar-refractivity contribution in [1.82, 2.24) is 0 Å². The van der Waals surface area contributed by atoms with Gasteiger partial charge < -0.3 is 5.73 Å². The third-order valence-corrected chi connectivity index (χ3v) is 4.78. The second-order valence-electron chi connectivity index (χ2n) is 4.37. The molecule has 0 saturated carbocycles. The lowest BCUT2D eigenvalue weighted by atomic mass is 10.3. The van der Waals surface area contributed by atoms with Crippen molar-refractivity contribution in [3.63, 3.8) is 0 Å². The molecule has 0 spiro atoms. The lowest BCUT2D eigenvalue weighted by Crippen LogP contribution is -2.33. The average Bonchev–Trinajstić information content (AvgIpc) is 2.49. The fourth-order valence-corrected chi connectivity index (χ4v) is 3.46. The van der Waals surface area contributed by atoms with Gasteiger partial charge in [-0.25, -0.2) is 8.42 Å². The zero-order valence-corrected chi connectivity index (χ0v) is 12.0. The number of hydrogen-bond acceptors (Lipinski definition) is 3. The first-order chi connectivity index (χ1) is 9.66. The summed E-state index contributed by atoms with van der Waals surface area (Å²) in [6.07, 6.45) is 0.612. The van der Waals surface area contributed by atoms with E-state index in [1.165, 1.54) is 4.31 Å². The minimum absolute atomic E-state index is 0.292. The molecular weight excluding hydrogens is 272 g/mol. The lowest BCUT2D eigenvalue weighted by molar-refractivity contribution is 0.589. The molecular formula is C15H18N2O2S. The molecule has 0 aliphatic carbocycles. The Hall–Kier alpha value is -1.85. The SMILES string of the molecule is NCCCN(c1ccccc1)S(=O)(=O)c1ccccc1. The molecule has 0 radical (unpaired) electrons. The van der Waals surface area contributed by atoms with Gasteiger partial charge in [0.1, 0.15) is 0 Å². The van der Waals surface area contributed by atoms with Crippen LogP contribution in [0.1, 0.15) is 6.42 Å². The number of benzene rings is 2. The number of sulfonamides is 1. The summed E-state index contributed by atoms with van der Waals surface area (Å²) in [4.78, 5) is 0.292. The van der Waals surface area contributed by atoms with E-state index >= 15 is 0 Å². The Morgan fingerprint density at radius 2 is 1.45 bits per heavy atom. The molecule has 5 heteroatoms. The average molecular weight is 290 g/mol. The maximum absolute atomic E-state index is 12.7. The minimum Gasteiger partial charge on any atom is -0.330 e. The van der Waals surface area contributed by atoms with Crippen molar-refractivity contribution in [2.75, 3.05) is 17.4 Å². The van der Waals surface area contributed by atoms with Gasteiger partial charge in [-0.1, -0.05) is 36.4 Å². The van der Waals surface area contributed by atoms with Crippen LogP contribution in [0.15, 0.2) is 65.6 Å². The van der Waals surface area contributed by atoms with Crippen molar-refractivity contribution in [2.45, 2.75) is 11.3 Å². The maximum Gasteiger partial charge on any atom is 0.264 e. The Balaban J connectivity index is 2.41. The molecule has 20 heavy (non-hydrogen) atoms. The fourth-order valence-electron chi connectivity index (χ4n) is 1.94. The summed E-state index contributed by atoms with van der Waals surface area (Å²) >= 11 is 0. The highest BCUT2D eigenvalue weighted by Gasteiger charge is 2.23. The Kier molecular flexibility index (Phi) is 4.76. The Morgan fingerprint density at radius 1 is 0.900 bits per heavy atom. The van der Waals surface area contributed by atoms with E-state index in [1.54, 1.807) is 42.5 Å². The summed E-state index contributed by atoms with van der Waals surface area (Å²) in [7, 11) is -3.55. The molecule has 0 unspecified atom stereocenters. The molecule has 2 N–H and O–H groups in total. The van der Waals surface area contributed by atoms with Gasteiger partial charge in [0.15, 0.2) is 0 Å². The van der Waals surface area contributed by atoms with Crippen LogP contribution in [-0.2, 0) is 10.0 Å². The van der Waals surface area contributed by atoms with Gasteiger partial charge in [-0.2, -0.15) is 0 Å². The molecule has 0 amide bonds. The van der Waals surface area contributed by atoms with Gasteiger partial charge in [0, 0.05) is 6.54 Å². The smallest absolute Gasteiger partial charge is 0.264 e. The number of hydrogen-bond donors (Lipinski definition) is 1. The highest BCUT2D eigenvalue weighted by molar-refractivity contribution is 7.92. The van der Waals surface area contributed by atoms with Crippen LogP contribution in [0.5, 0.6) is 0 Å². The summed E-state index contributed by atoms with van der Waals surface area (Å²) in [5, 5.41) is 0. The van der Waals surface area contributed by atoms with Crippen molar-refractivity contribution in [3.8, 4) is 0 Å². The van der Waals surface area contributed by atoms with E-state index in [1.807, 2.05) is 18.2 Å². The number of nitrogens with zero attached hydrogens (tertiary/aromatic N) is 1. The molecule has 0 fully saturated rings. The van der Waals surface area contributed by atoms with E-state index in [0.29, 0.717) is 30.1 Å². The molecule has 0 bridgehead atoms. The van der Waals surface area contributed by atoms with Crippen LogP contribution in [0, 0.1) is 0 Å². The van der Waals surface area contributed by atoms with Crippen LogP contribution < -0.4 is 10.0 Å². The van der Waals surface area contributed by atoms with Crippen LogP contribution >= 0.6 is 0 Å². The molecule has 0 aliphatic heterocycles. The number of nitrogens with two attached hydrogens (primary N) is 1. The van der Waals surface area contributed by atoms with E-state index in [9.17, 15) is 8.42 Å². The van der Waals surface area contributed by atoms with Crippen molar-refractivity contribution >= 4 is 15.7 Å². The third kappa shape index (κ3) is 3.18. The second kappa shape index (κ2) is 6.54. The molecule has 0 saturated heterocycles. The van der Waals surface area contributed by atoms with Crippen LogP contribution in [0.4, 0.5) is 5.69 Å². The standard InChI is InChI=1S/C15H18N2O2S/c16-12-7-13-17(14-8-3-1-4-9-14)20(18,19)15-10-5-2-6-11-15/h1-6,8-11H,7,12-13,16H2. The van der Waals surface area contributed by atoms with E-state index in [-0.39, 0.29) is 0 Å². The van der Waals surface area contributed by atoms with Gasteiger partial charge in [-0.15, -0.1) is 0 Å². The van der Waals surface area contributed by atoms with E-state index < -0.39 is 10.0 Å². The van der Waals surface area contributed by atoms with Crippen LogP contribution in [-0.4, -0.2) is 21.5 Å². The first kappa shape index (κ1) is 14.6. The molecule has 0 heterocycles. The van der Waals surface area contributed by atoms with Gasteiger partial charge in [0.05, 0.1) is 10.6 Å². The lowest BCUT2D eigenvalue weighted by Gasteiger charge is -2.24. The predicted molar refractivity (Wildman–Crippen MR) is 81.1 cm³/mol. The number of rotatable bonds is 6. The summed E-state index contributed by atoms with van der Waals surface area (Å²) in [5.74, 6) is 0. The van der Waals surface area contributed by atoms with Crippen molar-refractivity contribution in [2.24, 2.45) is 5.73 Å². The minimum atomic E-state index is -3.55. The molecule has 2 aromatic rings. The molecule has 0 atom stereocenters. The van der Waals surface area contributed by atoms with Gasteiger partial charge in [-0.3, -0.25) is 4.31 Å². The van der Waals surface area contributed by atoms with Gasteiger partial charge in [0.25, 0.3) is 10.0 Å². The first-order valence-electron chi connectivity index (χ1n) is 6.49. The summed E-state index contributed by atoms with van der Waals surface area (Å²) in [6, 6.07) is 17.5. The van der Waals surface area contributed by atoms with Crippen LogP contribution in [0.25, 0.3) is 0 Å². The maximum atomic E-state index is 12.7. The van der Waals surface area contributed by atoms with E-state index in [4.69, 9.17) is 5.73 Å². The summed E-state index contributed by atoms with van der Waals surface area (Å²) < 4.78 is 26.9. The van der Waals surface area contributed by atoms with Crippen molar-refractivity contribution in [1.29, 1.82) is 0 Å². The van der Waals surface area contributed by atoms with Crippen molar-refractivity contribution in [3.05, 3.63) is 60.7 Å². The van der Waals surface area contributed by atoms with Crippen LogP contribution in [0.3, 0.4) is 0 Å². The number of para-hydroxylation sites is 1. The summed E-state index contributed by atoms with van der Waals surface area (Å²) in [6.45, 7) is 0.825. The van der Waals surface area contributed by atoms with Gasteiger partial charge in [-0.05, 0) is 37.2 Å². The normalized spacial score (nSPS) is 11.2. The van der Waals surface area contributed by atoms with Crippen molar-refractivity contribution < 1.29 is 8.42 Å².